The first kappa shape index (κ1) is 13.0. The number of hydrogen-bond donors (Lipinski definition) is 1. The van der Waals surface area contributed by atoms with E-state index in [2.05, 4.69) is 10.2 Å². The van der Waals surface area contributed by atoms with Gasteiger partial charge in [-0.1, -0.05) is 6.92 Å². The van der Waals surface area contributed by atoms with Gasteiger partial charge in [-0.3, -0.25) is 0 Å². The second-order valence-corrected chi connectivity index (χ2v) is 3.68. The summed E-state index contributed by atoms with van der Waals surface area (Å²) in [5.41, 5.74) is -0.143. The van der Waals surface area contributed by atoms with Gasteiger partial charge < -0.3 is 14.3 Å². The number of carbonyl (C=O) groups is 1. The molecule has 19 heavy (non-hydrogen) atoms. The summed E-state index contributed by atoms with van der Waals surface area (Å²) in [6.07, 6.45) is 0.606. The molecule has 1 aromatic heterocycles. The van der Waals surface area contributed by atoms with Crippen LogP contribution in [0.2, 0.25) is 0 Å². The Morgan fingerprint density at radius 1 is 1.42 bits per heavy atom. The Bertz CT molecular complexity index is 597. The molecular formula is C12H11FN2O4. The van der Waals surface area contributed by atoms with E-state index in [1.54, 1.807) is 0 Å². The molecule has 0 spiro atoms. The zero-order valence-corrected chi connectivity index (χ0v) is 10.1. The number of hydrogen-bond acceptors (Lipinski definition) is 5. The summed E-state index contributed by atoms with van der Waals surface area (Å²) in [6, 6.07) is 3.39. The maximum absolute atomic E-state index is 13.5. The number of rotatable bonds is 5. The zero-order valence-electron chi connectivity index (χ0n) is 10.1. The minimum Gasteiger partial charge on any atom is -0.481 e. The minimum absolute atomic E-state index is 0.0683. The highest BCUT2D eigenvalue weighted by Gasteiger charge is 2.11. The van der Waals surface area contributed by atoms with Crippen LogP contribution >= 0.6 is 0 Å². The van der Waals surface area contributed by atoms with Crippen molar-refractivity contribution in [2.45, 2.75) is 20.0 Å². The molecule has 0 aliphatic rings. The van der Waals surface area contributed by atoms with Crippen LogP contribution in [-0.2, 0) is 13.0 Å². The molecule has 0 aliphatic heterocycles. The number of halogens is 1. The molecule has 1 N–H and O–H groups in total. The van der Waals surface area contributed by atoms with Crippen LogP contribution in [0.25, 0.3) is 0 Å². The fourth-order valence-corrected chi connectivity index (χ4v) is 1.38. The lowest BCUT2D eigenvalue weighted by atomic mass is 10.2. The Morgan fingerprint density at radius 3 is 2.74 bits per heavy atom. The Hall–Kier alpha value is -2.44. The van der Waals surface area contributed by atoms with E-state index in [1.165, 1.54) is 12.1 Å². The average Bonchev–Trinajstić information content (AvgIpc) is 2.85. The van der Waals surface area contributed by atoms with Gasteiger partial charge in [0.1, 0.15) is 0 Å². The summed E-state index contributed by atoms with van der Waals surface area (Å²) < 4.78 is 23.9. The van der Waals surface area contributed by atoms with Crippen LogP contribution in [0.5, 0.6) is 5.75 Å². The Kier molecular flexibility index (Phi) is 3.74. The highest BCUT2D eigenvalue weighted by Crippen LogP contribution is 2.19. The molecule has 1 heterocycles. The van der Waals surface area contributed by atoms with Crippen LogP contribution in [0.4, 0.5) is 4.39 Å². The molecule has 0 bridgehead atoms. The molecule has 0 saturated heterocycles. The minimum atomic E-state index is -1.20. The molecule has 0 saturated carbocycles. The van der Waals surface area contributed by atoms with Crippen LogP contribution in [0.1, 0.15) is 29.1 Å². The van der Waals surface area contributed by atoms with E-state index in [-0.39, 0.29) is 23.8 Å². The number of aromatic carboxylic acids is 1. The van der Waals surface area contributed by atoms with Crippen LogP contribution < -0.4 is 4.74 Å². The number of benzene rings is 1. The van der Waals surface area contributed by atoms with E-state index in [0.29, 0.717) is 12.3 Å². The van der Waals surface area contributed by atoms with Crippen LogP contribution in [0.15, 0.2) is 22.6 Å². The highest BCUT2D eigenvalue weighted by atomic mass is 19.1. The summed E-state index contributed by atoms with van der Waals surface area (Å²) >= 11 is 0. The molecule has 0 atom stereocenters. The van der Waals surface area contributed by atoms with Crippen LogP contribution in [0, 0.1) is 5.82 Å². The van der Waals surface area contributed by atoms with Gasteiger partial charge in [0, 0.05) is 6.42 Å². The van der Waals surface area contributed by atoms with Gasteiger partial charge in [0.25, 0.3) is 5.89 Å². The molecule has 0 radical (unpaired) electrons. The van der Waals surface area contributed by atoms with Crippen molar-refractivity contribution in [2.75, 3.05) is 0 Å². The number of carboxylic acid groups (broad SMARTS) is 1. The molecular weight excluding hydrogens is 255 g/mol. The average molecular weight is 266 g/mol. The van der Waals surface area contributed by atoms with Crippen molar-refractivity contribution in [1.82, 2.24) is 10.2 Å². The van der Waals surface area contributed by atoms with Gasteiger partial charge in [-0.2, -0.15) is 0 Å². The smallest absolute Gasteiger partial charge is 0.335 e. The first-order valence-corrected chi connectivity index (χ1v) is 5.57. The molecule has 0 amide bonds. The van der Waals surface area contributed by atoms with E-state index in [0.717, 1.165) is 6.07 Å². The van der Waals surface area contributed by atoms with Crippen LogP contribution in [0.3, 0.4) is 0 Å². The lowest BCUT2D eigenvalue weighted by molar-refractivity contribution is 0.0696. The van der Waals surface area contributed by atoms with Gasteiger partial charge in [0.15, 0.2) is 18.2 Å². The predicted molar refractivity (Wildman–Crippen MR) is 61.4 cm³/mol. The van der Waals surface area contributed by atoms with E-state index in [9.17, 15) is 9.18 Å². The fourth-order valence-electron chi connectivity index (χ4n) is 1.38. The van der Waals surface area contributed by atoms with Gasteiger partial charge in [-0.15, -0.1) is 10.2 Å². The van der Waals surface area contributed by atoms with E-state index in [4.69, 9.17) is 14.3 Å². The van der Waals surface area contributed by atoms with Crippen molar-refractivity contribution in [3.63, 3.8) is 0 Å². The van der Waals surface area contributed by atoms with Crippen molar-refractivity contribution in [2.24, 2.45) is 0 Å². The molecule has 7 heteroatoms. The number of ether oxygens (including phenoxy) is 1. The third-order valence-corrected chi connectivity index (χ3v) is 2.34. The lowest BCUT2D eigenvalue weighted by Crippen LogP contribution is -2.01. The maximum atomic E-state index is 13.5. The third kappa shape index (κ3) is 3.06. The van der Waals surface area contributed by atoms with Crippen molar-refractivity contribution in [3.8, 4) is 5.75 Å². The maximum Gasteiger partial charge on any atom is 0.335 e. The molecule has 100 valence electrons. The molecule has 2 aromatic rings. The van der Waals surface area contributed by atoms with E-state index in [1.807, 2.05) is 6.92 Å². The van der Waals surface area contributed by atoms with Gasteiger partial charge in [-0.05, 0) is 18.2 Å². The quantitative estimate of drug-likeness (QED) is 0.891. The zero-order chi connectivity index (χ0) is 13.8. The number of nitrogens with zero attached hydrogens (tertiary/aromatic N) is 2. The monoisotopic (exact) mass is 266 g/mol. The molecule has 1 aromatic carbocycles. The summed E-state index contributed by atoms with van der Waals surface area (Å²) in [5.74, 6) is -1.31. The van der Waals surface area contributed by atoms with E-state index < -0.39 is 11.8 Å². The fraction of sp³-hybridized carbons (Fsp3) is 0.250. The molecule has 2 rings (SSSR count). The summed E-state index contributed by atoms with van der Waals surface area (Å²) in [7, 11) is 0. The van der Waals surface area contributed by atoms with Gasteiger partial charge >= 0.3 is 5.97 Å². The summed E-state index contributed by atoms with van der Waals surface area (Å²) in [4.78, 5) is 10.6. The van der Waals surface area contributed by atoms with E-state index >= 15 is 0 Å². The number of aromatic nitrogens is 2. The van der Waals surface area contributed by atoms with Gasteiger partial charge in [0.05, 0.1) is 5.56 Å². The summed E-state index contributed by atoms with van der Waals surface area (Å²) in [5, 5.41) is 16.2. The first-order valence-electron chi connectivity index (χ1n) is 5.57. The normalized spacial score (nSPS) is 10.4. The van der Waals surface area contributed by atoms with Crippen molar-refractivity contribution in [3.05, 3.63) is 41.4 Å². The van der Waals surface area contributed by atoms with Gasteiger partial charge in [-0.25, -0.2) is 9.18 Å². The number of carboxylic acids is 1. The molecule has 6 nitrogen and oxygen atoms in total. The Balaban J connectivity index is 2.05. The third-order valence-electron chi connectivity index (χ3n) is 2.34. The standard InChI is InChI=1S/C12H11FN2O4/c1-2-10-14-15-11(19-10)6-18-9-4-3-7(12(16)17)5-8(9)13/h3-5H,2,6H2,1H3,(H,16,17). The second-order valence-electron chi connectivity index (χ2n) is 3.68. The topological polar surface area (TPSA) is 85.5 Å². The van der Waals surface area contributed by atoms with Crippen LogP contribution in [-0.4, -0.2) is 21.3 Å². The van der Waals surface area contributed by atoms with Gasteiger partial charge in [0.2, 0.25) is 5.89 Å². The first-order chi connectivity index (χ1) is 9.10. The summed E-state index contributed by atoms with van der Waals surface area (Å²) in [6.45, 7) is 1.79. The number of aryl methyl sites for hydroxylation is 1. The molecule has 0 aliphatic carbocycles. The Morgan fingerprint density at radius 2 is 2.16 bits per heavy atom. The largest absolute Gasteiger partial charge is 0.481 e. The second kappa shape index (κ2) is 5.47. The van der Waals surface area contributed by atoms with Crippen molar-refractivity contribution < 1.29 is 23.4 Å². The van der Waals surface area contributed by atoms with Crippen molar-refractivity contribution >= 4 is 5.97 Å². The predicted octanol–water partition coefficient (Wildman–Crippen LogP) is 2.05. The lowest BCUT2D eigenvalue weighted by Gasteiger charge is -2.05. The SMILES string of the molecule is CCc1nnc(COc2ccc(C(=O)O)cc2F)o1. The molecule has 0 unspecified atom stereocenters. The molecule has 0 fully saturated rings. The highest BCUT2D eigenvalue weighted by molar-refractivity contribution is 5.87. The van der Waals surface area contributed by atoms with Crippen molar-refractivity contribution in [1.29, 1.82) is 0 Å². The Labute approximate surface area is 107 Å².